The number of carbonyl (C=O) groups is 1. The Hall–Kier alpha value is -0.330. The Balaban J connectivity index is 2.22. The van der Waals surface area contributed by atoms with Crippen molar-refractivity contribution in [2.24, 2.45) is 17.3 Å². The number of rotatable bonds is 0. The number of fused-ring (bicyclic) bond motifs is 3. The summed E-state index contributed by atoms with van der Waals surface area (Å²) in [6.07, 6.45) is 4.47. The molecule has 0 saturated heterocycles. The highest BCUT2D eigenvalue weighted by atomic mass is 16.1. The van der Waals surface area contributed by atoms with Gasteiger partial charge in [0.25, 0.3) is 0 Å². The van der Waals surface area contributed by atoms with Gasteiger partial charge < -0.3 is 0 Å². The molecule has 0 aromatic carbocycles. The maximum atomic E-state index is 11.5. The zero-order valence-corrected chi connectivity index (χ0v) is 7.39. The normalized spacial score (nSPS) is 41.1. The monoisotopic (exact) mass is 152 g/mol. The summed E-state index contributed by atoms with van der Waals surface area (Å²) < 4.78 is 0. The fourth-order valence-corrected chi connectivity index (χ4v) is 2.75. The average Bonchev–Trinajstić information content (AvgIpc) is 2.17. The highest BCUT2D eigenvalue weighted by Gasteiger charge is 2.51. The summed E-state index contributed by atoms with van der Waals surface area (Å²) in [7, 11) is 0. The van der Waals surface area contributed by atoms with Crippen molar-refractivity contribution in [1.29, 1.82) is 0 Å². The number of Topliss-reactive ketones (excluding diaryl/α,β-unsaturated/α-hetero) is 1. The molecule has 0 aromatic rings. The lowest BCUT2D eigenvalue weighted by Gasteiger charge is -2.50. The first kappa shape index (κ1) is 7.33. The van der Waals surface area contributed by atoms with Crippen molar-refractivity contribution >= 4 is 5.78 Å². The summed E-state index contributed by atoms with van der Waals surface area (Å²) in [4.78, 5) is 11.5. The van der Waals surface area contributed by atoms with E-state index in [-0.39, 0.29) is 0 Å². The molecule has 2 unspecified atom stereocenters. The van der Waals surface area contributed by atoms with Crippen LogP contribution in [0.2, 0.25) is 0 Å². The van der Waals surface area contributed by atoms with Crippen LogP contribution in [0.25, 0.3) is 0 Å². The summed E-state index contributed by atoms with van der Waals surface area (Å²) in [6.45, 7) is 4.52. The molecule has 0 aromatic heterocycles. The van der Waals surface area contributed by atoms with Gasteiger partial charge >= 0.3 is 0 Å². The van der Waals surface area contributed by atoms with Gasteiger partial charge in [-0.2, -0.15) is 0 Å². The third-order valence-electron chi connectivity index (χ3n) is 3.83. The van der Waals surface area contributed by atoms with Gasteiger partial charge in [0.15, 0.2) is 0 Å². The summed E-state index contributed by atoms with van der Waals surface area (Å²) in [5.74, 6) is 1.79. The topological polar surface area (TPSA) is 17.1 Å². The molecule has 1 nitrogen and oxygen atoms in total. The molecular formula is C10H16O. The van der Waals surface area contributed by atoms with Crippen molar-refractivity contribution in [2.75, 3.05) is 0 Å². The number of carbonyl (C=O) groups excluding carboxylic acids is 1. The van der Waals surface area contributed by atoms with Crippen molar-refractivity contribution in [3.63, 3.8) is 0 Å². The largest absolute Gasteiger partial charge is 0.299 e. The van der Waals surface area contributed by atoms with Crippen LogP contribution in [0.3, 0.4) is 0 Å². The molecule has 3 saturated carbocycles. The quantitative estimate of drug-likeness (QED) is 0.521. The Morgan fingerprint density at radius 3 is 2.82 bits per heavy atom. The predicted molar refractivity (Wildman–Crippen MR) is 44.2 cm³/mol. The third-order valence-corrected chi connectivity index (χ3v) is 3.83. The average molecular weight is 152 g/mol. The third kappa shape index (κ3) is 0.863. The number of hydrogen-bond acceptors (Lipinski definition) is 1. The maximum absolute atomic E-state index is 11.5. The van der Waals surface area contributed by atoms with Crippen LogP contribution in [-0.4, -0.2) is 5.78 Å². The minimum atomic E-state index is 0.341. The molecule has 0 heterocycles. The zero-order chi connectivity index (χ0) is 8.06. The van der Waals surface area contributed by atoms with Gasteiger partial charge in [-0.3, -0.25) is 4.79 Å². The Morgan fingerprint density at radius 1 is 1.45 bits per heavy atom. The van der Waals surface area contributed by atoms with Crippen LogP contribution in [0, 0.1) is 17.3 Å². The molecule has 0 aliphatic heterocycles. The predicted octanol–water partition coefficient (Wildman–Crippen LogP) is 2.40. The second kappa shape index (κ2) is 2.09. The van der Waals surface area contributed by atoms with Crippen molar-refractivity contribution in [1.82, 2.24) is 0 Å². The highest BCUT2D eigenvalue weighted by molar-refractivity contribution is 5.83. The molecule has 0 N–H and O–H groups in total. The van der Waals surface area contributed by atoms with Crippen molar-refractivity contribution in [3.8, 4) is 0 Å². The minimum Gasteiger partial charge on any atom is -0.299 e. The van der Waals surface area contributed by atoms with Crippen molar-refractivity contribution < 1.29 is 4.79 Å². The van der Waals surface area contributed by atoms with E-state index in [1.54, 1.807) is 0 Å². The number of hydrogen-bond donors (Lipinski definition) is 0. The van der Waals surface area contributed by atoms with Crippen LogP contribution in [-0.2, 0) is 4.79 Å². The Morgan fingerprint density at radius 2 is 2.18 bits per heavy atom. The van der Waals surface area contributed by atoms with Gasteiger partial charge in [0.2, 0.25) is 0 Å². The minimum absolute atomic E-state index is 0.341. The van der Waals surface area contributed by atoms with Crippen molar-refractivity contribution in [2.45, 2.75) is 39.5 Å². The van der Waals surface area contributed by atoms with Crippen LogP contribution in [0.15, 0.2) is 0 Å². The molecule has 0 amide bonds. The van der Waals surface area contributed by atoms with Gasteiger partial charge in [0, 0.05) is 12.3 Å². The zero-order valence-electron chi connectivity index (χ0n) is 7.39. The van der Waals surface area contributed by atoms with Crippen LogP contribution < -0.4 is 0 Å². The van der Waals surface area contributed by atoms with Gasteiger partial charge in [0.05, 0.1) is 0 Å². The van der Waals surface area contributed by atoms with E-state index in [4.69, 9.17) is 0 Å². The van der Waals surface area contributed by atoms with Crippen molar-refractivity contribution in [3.05, 3.63) is 0 Å². The van der Waals surface area contributed by atoms with Gasteiger partial charge in [-0.15, -0.1) is 0 Å². The summed E-state index contributed by atoms with van der Waals surface area (Å²) in [5.41, 5.74) is 0.341. The lowest BCUT2D eigenvalue weighted by Crippen LogP contribution is -2.46. The first-order valence-corrected chi connectivity index (χ1v) is 4.65. The molecule has 3 rings (SSSR count). The van der Waals surface area contributed by atoms with E-state index in [2.05, 4.69) is 13.8 Å². The summed E-state index contributed by atoms with van der Waals surface area (Å²) in [5, 5.41) is 0. The van der Waals surface area contributed by atoms with Gasteiger partial charge in [-0.25, -0.2) is 0 Å². The van der Waals surface area contributed by atoms with E-state index in [0.717, 1.165) is 18.8 Å². The van der Waals surface area contributed by atoms with Gasteiger partial charge in [-0.05, 0) is 30.6 Å². The van der Waals surface area contributed by atoms with E-state index in [0.29, 0.717) is 17.1 Å². The molecule has 62 valence electrons. The molecule has 11 heavy (non-hydrogen) atoms. The lowest BCUT2D eigenvalue weighted by molar-refractivity contribution is -0.135. The van der Waals surface area contributed by atoms with E-state index in [1.807, 2.05) is 0 Å². The highest BCUT2D eigenvalue weighted by Crippen LogP contribution is 2.55. The molecule has 1 heteroatoms. The fourth-order valence-electron chi connectivity index (χ4n) is 2.75. The maximum Gasteiger partial charge on any atom is 0.136 e. The lowest BCUT2D eigenvalue weighted by atomic mass is 9.54. The van der Waals surface area contributed by atoms with Gasteiger partial charge in [-0.1, -0.05) is 13.8 Å². The first-order valence-electron chi connectivity index (χ1n) is 4.65. The van der Waals surface area contributed by atoms with E-state index >= 15 is 0 Å². The standard InChI is InChI=1S/C10H16O/c1-10(2)7-4-3-5-9(11)8(10)6-7/h7-8H,3-6H2,1-2H3. The molecule has 0 spiro atoms. The molecule has 3 aliphatic rings. The Labute approximate surface area is 68.2 Å². The first-order chi connectivity index (χ1) is 5.12. The van der Waals surface area contributed by atoms with Crippen LogP contribution in [0.4, 0.5) is 0 Å². The molecule has 3 fully saturated rings. The Bertz CT molecular complexity index is 193. The Kier molecular flexibility index (Phi) is 1.39. The molecule has 3 aliphatic carbocycles. The van der Waals surface area contributed by atoms with Gasteiger partial charge in [0.1, 0.15) is 5.78 Å². The second-order valence-corrected chi connectivity index (χ2v) is 4.67. The fraction of sp³-hybridized carbons (Fsp3) is 0.900. The van der Waals surface area contributed by atoms with E-state index in [1.165, 1.54) is 12.8 Å². The molecule has 2 atom stereocenters. The van der Waals surface area contributed by atoms with E-state index < -0.39 is 0 Å². The van der Waals surface area contributed by atoms with Crippen LogP contribution >= 0.6 is 0 Å². The SMILES string of the molecule is CC1(C)C2CCCC(=O)C1C2. The second-order valence-electron chi connectivity index (χ2n) is 4.67. The van der Waals surface area contributed by atoms with Crippen LogP contribution in [0.5, 0.6) is 0 Å². The molecule has 0 radical (unpaired) electrons. The summed E-state index contributed by atoms with van der Waals surface area (Å²) >= 11 is 0. The molecular weight excluding hydrogens is 136 g/mol. The smallest absolute Gasteiger partial charge is 0.136 e. The van der Waals surface area contributed by atoms with E-state index in [9.17, 15) is 4.79 Å². The number of ketones is 1. The summed E-state index contributed by atoms with van der Waals surface area (Å²) in [6, 6.07) is 0. The molecule has 2 bridgehead atoms. The van der Waals surface area contributed by atoms with Crippen LogP contribution in [0.1, 0.15) is 39.5 Å².